The van der Waals surface area contributed by atoms with Crippen molar-refractivity contribution in [3.05, 3.63) is 40.6 Å². The highest BCUT2D eigenvalue weighted by Crippen LogP contribution is 2.30. The lowest BCUT2D eigenvalue weighted by Gasteiger charge is -2.02. The molecule has 1 aromatic carbocycles. The molecular formula is C14H20N2O3. The Hall–Kier alpha value is -2.17. The summed E-state index contributed by atoms with van der Waals surface area (Å²) in [4.78, 5) is 14.4. The van der Waals surface area contributed by atoms with Gasteiger partial charge in [0.05, 0.1) is 17.5 Å². The SMILES string of the molecule is CC.CC.COc1cc2ncccc2cc1[N+](=O)[O-]. The zero-order valence-electron chi connectivity index (χ0n) is 12.0. The van der Waals surface area contributed by atoms with Crippen molar-refractivity contribution in [2.24, 2.45) is 0 Å². The second-order valence-corrected chi connectivity index (χ2v) is 2.98. The highest BCUT2D eigenvalue weighted by Gasteiger charge is 2.15. The molecule has 5 nitrogen and oxygen atoms in total. The van der Waals surface area contributed by atoms with Crippen LogP contribution in [0, 0.1) is 10.1 Å². The molecule has 0 fully saturated rings. The quantitative estimate of drug-likeness (QED) is 0.602. The Morgan fingerprint density at radius 3 is 2.37 bits per heavy atom. The van der Waals surface area contributed by atoms with E-state index in [9.17, 15) is 10.1 Å². The van der Waals surface area contributed by atoms with E-state index in [4.69, 9.17) is 4.74 Å². The third kappa shape index (κ3) is 4.21. The summed E-state index contributed by atoms with van der Waals surface area (Å²) < 4.78 is 4.93. The molecule has 0 saturated carbocycles. The van der Waals surface area contributed by atoms with Crippen LogP contribution < -0.4 is 4.74 Å². The largest absolute Gasteiger partial charge is 0.490 e. The zero-order chi connectivity index (χ0) is 14.8. The Morgan fingerprint density at radius 1 is 1.21 bits per heavy atom. The van der Waals surface area contributed by atoms with Crippen molar-refractivity contribution < 1.29 is 9.66 Å². The van der Waals surface area contributed by atoms with Crippen molar-refractivity contribution in [2.75, 3.05) is 7.11 Å². The maximum atomic E-state index is 10.7. The average Bonchev–Trinajstić information content (AvgIpc) is 2.49. The number of fused-ring (bicyclic) bond motifs is 1. The fourth-order valence-corrected chi connectivity index (χ4v) is 1.40. The number of methoxy groups -OCH3 is 1. The molecule has 2 rings (SSSR count). The van der Waals surface area contributed by atoms with Gasteiger partial charge in [-0.3, -0.25) is 15.1 Å². The number of nitro groups is 1. The van der Waals surface area contributed by atoms with Crippen LogP contribution in [0.25, 0.3) is 10.9 Å². The second-order valence-electron chi connectivity index (χ2n) is 2.98. The van der Waals surface area contributed by atoms with Gasteiger partial charge in [0.15, 0.2) is 5.75 Å². The van der Waals surface area contributed by atoms with E-state index >= 15 is 0 Å². The number of nitro benzene ring substituents is 1. The Kier molecular flexibility index (Phi) is 7.84. The predicted molar refractivity (Wildman–Crippen MR) is 77.6 cm³/mol. The number of hydrogen-bond acceptors (Lipinski definition) is 4. The molecule has 0 bridgehead atoms. The standard InChI is InChI=1S/C10H8N2O3.2C2H6/c1-15-10-6-8-7(3-2-4-11-8)5-9(10)12(13)14;2*1-2/h2-6H,1H3;2*1-2H3. The molecule has 0 radical (unpaired) electrons. The fourth-order valence-electron chi connectivity index (χ4n) is 1.40. The van der Waals surface area contributed by atoms with Crippen molar-refractivity contribution in [3.8, 4) is 5.75 Å². The number of nitrogens with zero attached hydrogens (tertiary/aromatic N) is 2. The summed E-state index contributed by atoms with van der Waals surface area (Å²) in [6.07, 6.45) is 1.63. The molecule has 0 saturated heterocycles. The van der Waals surface area contributed by atoms with Gasteiger partial charge < -0.3 is 4.74 Å². The molecule has 1 heterocycles. The molecule has 0 aliphatic rings. The van der Waals surface area contributed by atoms with Gasteiger partial charge in [-0.1, -0.05) is 33.8 Å². The van der Waals surface area contributed by atoms with Crippen LogP contribution in [0.2, 0.25) is 0 Å². The van der Waals surface area contributed by atoms with Gasteiger partial charge >= 0.3 is 5.69 Å². The van der Waals surface area contributed by atoms with E-state index in [1.54, 1.807) is 24.4 Å². The molecule has 104 valence electrons. The van der Waals surface area contributed by atoms with Crippen molar-refractivity contribution in [3.63, 3.8) is 0 Å². The molecule has 0 spiro atoms. The summed E-state index contributed by atoms with van der Waals surface area (Å²) in [5.41, 5.74) is 0.637. The van der Waals surface area contributed by atoms with E-state index < -0.39 is 4.92 Å². The van der Waals surface area contributed by atoms with Crippen LogP contribution >= 0.6 is 0 Å². The van der Waals surface area contributed by atoms with Crippen LogP contribution in [-0.2, 0) is 0 Å². The molecule has 0 amide bonds. The van der Waals surface area contributed by atoms with Crippen LogP contribution in [0.15, 0.2) is 30.5 Å². The third-order valence-corrected chi connectivity index (χ3v) is 2.10. The first-order valence-electron chi connectivity index (χ1n) is 6.29. The molecule has 0 aliphatic heterocycles. The molecule has 0 atom stereocenters. The molecular weight excluding hydrogens is 244 g/mol. The average molecular weight is 264 g/mol. The number of ether oxygens (including phenoxy) is 1. The Labute approximate surface area is 113 Å². The topological polar surface area (TPSA) is 65.3 Å². The summed E-state index contributed by atoms with van der Waals surface area (Å²) in [6.45, 7) is 8.00. The fraction of sp³-hybridized carbons (Fsp3) is 0.357. The summed E-state index contributed by atoms with van der Waals surface area (Å²) in [5, 5.41) is 11.5. The van der Waals surface area contributed by atoms with Crippen molar-refractivity contribution in [1.29, 1.82) is 0 Å². The van der Waals surface area contributed by atoms with Crippen molar-refractivity contribution in [1.82, 2.24) is 4.98 Å². The molecule has 2 aromatic rings. The summed E-state index contributed by atoms with van der Waals surface area (Å²) >= 11 is 0. The van der Waals surface area contributed by atoms with Gasteiger partial charge in [0.1, 0.15) is 0 Å². The summed E-state index contributed by atoms with van der Waals surface area (Å²) in [7, 11) is 1.40. The molecule has 5 heteroatoms. The first kappa shape index (κ1) is 16.8. The van der Waals surface area contributed by atoms with Crippen LogP contribution in [0.1, 0.15) is 27.7 Å². The first-order chi connectivity index (χ1) is 9.22. The Bertz CT molecular complexity index is 527. The van der Waals surface area contributed by atoms with Crippen molar-refractivity contribution in [2.45, 2.75) is 27.7 Å². The lowest BCUT2D eigenvalue weighted by Crippen LogP contribution is -1.94. The number of pyridine rings is 1. The number of aromatic nitrogens is 1. The van der Waals surface area contributed by atoms with Gasteiger partial charge in [0.2, 0.25) is 0 Å². The number of hydrogen-bond donors (Lipinski definition) is 0. The van der Waals surface area contributed by atoms with Gasteiger partial charge in [0, 0.05) is 23.7 Å². The normalized spacial score (nSPS) is 8.68. The van der Waals surface area contributed by atoms with Gasteiger partial charge in [-0.2, -0.15) is 0 Å². The minimum Gasteiger partial charge on any atom is -0.490 e. The number of rotatable bonds is 2. The smallest absolute Gasteiger partial charge is 0.311 e. The first-order valence-corrected chi connectivity index (χ1v) is 6.29. The molecule has 19 heavy (non-hydrogen) atoms. The van der Waals surface area contributed by atoms with Crippen LogP contribution in [0.5, 0.6) is 5.75 Å². The van der Waals surface area contributed by atoms with E-state index in [0.29, 0.717) is 5.52 Å². The Morgan fingerprint density at radius 2 is 1.84 bits per heavy atom. The van der Waals surface area contributed by atoms with Gasteiger partial charge in [0.25, 0.3) is 0 Å². The molecule has 0 aliphatic carbocycles. The van der Waals surface area contributed by atoms with E-state index in [2.05, 4.69) is 4.98 Å². The van der Waals surface area contributed by atoms with E-state index in [1.165, 1.54) is 13.2 Å². The minimum atomic E-state index is -0.467. The summed E-state index contributed by atoms with van der Waals surface area (Å²) in [6, 6.07) is 6.53. The van der Waals surface area contributed by atoms with E-state index in [1.807, 2.05) is 27.7 Å². The molecule has 0 N–H and O–H groups in total. The highest BCUT2D eigenvalue weighted by atomic mass is 16.6. The lowest BCUT2D eigenvalue weighted by atomic mass is 10.2. The van der Waals surface area contributed by atoms with Crippen LogP contribution in [0.4, 0.5) is 5.69 Å². The van der Waals surface area contributed by atoms with Crippen LogP contribution in [0.3, 0.4) is 0 Å². The van der Waals surface area contributed by atoms with Crippen molar-refractivity contribution >= 4 is 16.6 Å². The minimum absolute atomic E-state index is 0.0435. The van der Waals surface area contributed by atoms with Crippen LogP contribution in [-0.4, -0.2) is 17.0 Å². The van der Waals surface area contributed by atoms with E-state index in [-0.39, 0.29) is 11.4 Å². The van der Waals surface area contributed by atoms with Gasteiger partial charge in [-0.15, -0.1) is 0 Å². The zero-order valence-corrected chi connectivity index (χ0v) is 12.0. The van der Waals surface area contributed by atoms with Gasteiger partial charge in [-0.25, -0.2) is 0 Å². The molecule has 1 aromatic heterocycles. The monoisotopic (exact) mass is 264 g/mol. The maximum Gasteiger partial charge on any atom is 0.311 e. The van der Waals surface area contributed by atoms with E-state index in [0.717, 1.165) is 5.39 Å². The predicted octanol–water partition coefficient (Wildman–Crippen LogP) is 4.20. The third-order valence-electron chi connectivity index (χ3n) is 2.10. The highest BCUT2D eigenvalue weighted by molar-refractivity contribution is 5.83. The summed E-state index contributed by atoms with van der Waals surface area (Å²) in [5.74, 6) is 0.228. The number of benzene rings is 1. The second kappa shape index (κ2) is 8.85. The maximum absolute atomic E-state index is 10.7. The Balaban J connectivity index is 0.000000741. The van der Waals surface area contributed by atoms with Gasteiger partial charge in [-0.05, 0) is 6.07 Å². The lowest BCUT2D eigenvalue weighted by molar-refractivity contribution is -0.385. The molecule has 0 unspecified atom stereocenters.